The zero-order chi connectivity index (χ0) is 18.8. The Labute approximate surface area is 159 Å². The van der Waals surface area contributed by atoms with Crippen molar-refractivity contribution in [2.45, 2.75) is 33.4 Å². The maximum absolute atomic E-state index is 12.2. The van der Waals surface area contributed by atoms with Crippen molar-refractivity contribution in [1.29, 1.82) is 0 Å². The van der Waals surface area contributed by atoms with Crippen LogP contribution in [-0.4, -0.2) is 22.3 Å². The van der Waals surface area contributed by atoms with E-state index in [9.17, 15) is 4.79 Å². The Bertz CT molecular complexity index is 974. The van der Waals surface area contributed by atoms with Crippen molar-refractivity contribution in [3.63, 3.8) is 0 Å². The molecule has 0 bridgehead atoms. The van der Waals surface area contributed by atoms with Gasteiger partial charge in [0.15, 0.2) is 0 Å². The van der Waals surface area contributed by atoms with Gasteiger partial charge in [0, 0.05) is 18.7 Å². The average Bonchev–Trinajstić information content (AvgIpc) is 3.25. The molecule has 1 aromatic heterocycles. The van der Waals surface area contributed by atoms with Gasteiger partial charge in [-0.15, -0.1) is 0 Å². The molecule has 0 aliphatic carbocycles. The summed E-state index contributed by atoms with van der Waals surface area (Å²) in [6.07, 6.45) is 0.975. The Morgan fingerprint density at radius 2 is 1.89 bits per heavy atom. The maximum atomic E-state index is 12.2. The monoisotopic (exact) mass is 361 g/mol. The molecule has 0 spiro atoms. The Kier molecular flexibility index (Phi) is 4.67. The molecule has 0 unspecified atom stereocenters. The van der Waals surface area contributed by atoms with Crippen molar-refractivity contribution in [3.8, 4) is 16.9 Å². The first-order valence-corrected chi connectivity index (χ1v) is 9.21. The first-order chi connectivity index (χ1) is 13.1. The molecular formula is C22H23N3O2. The Balaban J connectivity index is 1.36. The normalized spacial score (nSPS) is 12.5. The Hall–Kier alpha value is -3.08. The van der Waals surface area contributed by atoms with Crippen LogP contribution in [0.4, 0.5) is 0 Å². The van der Waals surface area contributed by atoms with E-state index in [4.69, 9.17) is 4.74 Å². The molecule has 0 saturated carbocycles. The lowest BCUT2D eigenvalue weighted by atomic mass is 10.0. The molecule has 0 saturated heterocycles. The molecule has 2 aromatic carbocycles. The fraction of sp³-hybridized carbons (Fsp3) is 0.273. The molecule has 1 aliphatic rings. The Morgan fingerprint density at radius 3 is 2.63 bits per heavy atom. The number of hydrogen-bond donors (Lipinski definition) is 1. The van der Waals surface area contributed by atoms with Crippen LogP contribution in [0.25, 0.3) is 11.1 Å². The van der Waals surface area contributed by atoms with E-state index in [0.29, 0.717) is 6.54 Å². The predicted molar refractivity (Wildman–Crippen MR) is 105 cm³/mol. The van der Waals surface area contributed by atoms with E-state index in [2.05, 4.69) is 46.8 Å². The molecule has 1 amide bonds. The van der Waals surface area contributed by atoms with E-state index in [1.807, 2.05) is 26.0 Å². The number of carbonyl (C=O) groups excluding carboxylic acids is 1. The highest BCUT2D eigenvalue weighted by atomic mass is 16.5. The predicted octanol–water partition coefficient (Wildman–Crippen LogP) is 3.42. The van der Waals surface area contributed by atoms with E-state index in [-0.39, 0.29) is 12.5 Å². The lowest BCUT2D eigenvalue weighted by Crippen LogP contribution is -2.27. The second-order valence-electron chi connectivity index (χ2n) is 6.98. The number of carbonyl (C=O) groups is 1. The van der Waals surface area contributed by atoms with Crippen LogP contribution in [0.2, 0.25) is 0 Å². The van der Waals surface area contributed by atoms with Crippen LogP contribution >= 0.6 is 0 Å². The zero-order valence-corrected chi connectivity index (χ0v) is 15.7. The molecule has 0 atom stereocenters. The largest absolute Gasteiger partial charge is 0.493 e. The highest BCUT2D eigenvalue weighted by molar-refractivity contribution is 5.75. The van der Waals surface area contributed by atoms with Gasteiger partial charge in [0.2, 0.25) is 5.91 Å². The van der Waals surface area contributed by atoms with Crippen LogP contribution in [0.1, 0.15) is 22.5 Å². The molecule has 1 aliphatic heterocycles. The van der Waals surface area contributed by atoms with Crippen molar-refractivity contribution >= 4 is 5.91 Å². The quantitative estimate of drug-likeness (QED) is 0.758. The van der Waals surface area contributed by atoms with Crippen molar-refractivity contribution in [1.82, 2.24) is 15.1 Å². The number of hydrogen-bond acceptors (Lipinski definition) is 3. The van der Waals surface area contributed by atoms with Crippen LogP contribution in [0, 0.1) is 13.8 Å². The number of nitrogens with zero attached hydrogens (tertiary/aromatic N) is 2. The van der Waals surface area contributed by atoms with Gasteiger partial charge < -0.3 is 10.1 Å². The summed E-state index contributed by atoms with van der Waals surface area (Å²) in [5.41, 5.74) is 6.63. The molecule has 5 nitrogen and oxygen atoms in total. The second-order valence-corrected chi connectivity index (χ2v) is 6.98. The summed E-state index contributed by atoms with van der Waals surface area (Å²) in [5.74, 6) is 0.963. The summed E-state index contributed by atoms with van der Waals surface area (Å²) in [7, 11) is 0. The molecule has 0 fully saturated rings. The van der Waals surface area contributed by atoms with Gasteiger partial charge in [-0.05, 0) is 54.3 Å². The lowest BCUT2D eigenvalue weighted by molar-refractivity contribution is -0.122. The van der Waals surface area contributed by atoms with Gasteiger partial charge in [-0.1, -0.05) is 30.3 Å². The number of fused-ring (bicyclic) bond motifs is 1. The third-order valence-corrected chi connectivity index (χ3v) is 4.86. The van der Waals surface area contributed by atoms with E-state index >= 15 is 0 Å². The average molecular weight is 361 g/mol. The molecule has 2 heterocycles. The third kappa shape index (κ3) is 3.87. The first kappa shape index (κ1) is 17.3. The van der Waals surface area contributed by atoms with Crippen molar-refractivity contribution in [3.05, 3.63) is 71.0 Å². The van der Waals surface area contributed by atoms with Crippen LogP contribution in [0.3, 0.4) is 0 Å². The van der Waals surface area contributed by atoms with Crippen molar-refractivity contribution in [2.75, 3.05) is 6.61 Å². The van der Waals surface area contributed by atoms with Gasteiger partial charge in [-0.2, -0.15) is 5.10 Å². The number of amides is 1. The number of ether oxygens (including phenoxy) is 1. The summed E-state index contributed by atoms with van der Waals surface area (Å²) >= 11 is 0. The van der Waals surface area contributed by atoms with Crippen molar-refractivity contribution in [2.24, 2.45) is 0 Å². The maximum Gasteiger partial charge on any atom is 0.242 e. The number of nitrogens with one attached hydrogen (secondary N) is 1. The van der Waals surface area contributed by atoms with Crippen LogP contribution in [0.15, 0.2) is 48.5 Å². The van der Waals surface area contributed by atoms with Gasteiger partial charge in [0.1, 0.15) is 12.3 Å². The fourth-order valence-corrected chi connectivity index (χ4v) is 3.41. The highest BCUT2D eigenvalue weighted by Gasteiger charge is 2.12. The van der Waals surface area contributed by atoms with E-state index in [1.165, 1.54) is 16.7 Å². The highest BCUT2D eigenvalue weighted by Crippen LogP contribution is 2.30. The molecule has 27 heavy (non-hydrogen) atoms. The molecule has 1 N–H and O–H groups in total. The number of aryl methyl sites for hydroxylation is 2. The second kappa shape index (κ2) is 7.27. The first-order valence-electron chi connectivity index (χ1n) is 9.21. The van der Waals surface area contributed by atoms with Gasteiger partial charge in [0.05, 0.1) is 12.3 Å². The Morgan fingerprint density at radius 1 is 1.11 bits per heavy atom. The van der Waals surface area contributed by atoms with E-state index < -0.39 is 0 Å². The molecule has 138 valence electrons. The standard InChI is InChI=1S/C22H23N3O2/c1-15-11-16(2)25(24-15)14-22(26)23-13-17-3-5-18(6-4-17)19-7-8-21-20(12-19)9-10-27-21/h3-8,11-12H,9-10,13-14H2,1-2H3,(H,23,26). The van der Waals surface area contributed by atoms with Crippen LogP contribution < -0.4 is 10.1 Å². The van der Waals surface area contributed by atoms with Gasteiger partial charge in [-0.25, -0.2) is 0 Å². The van der Waals surface area contributed by atoms with E-state index in [1.54, 1.807) is 4.68 Å². The minimum atomic E-state index is -0.0381. The summed E-state index contributed by atoms with van der Waals surface area (Å²) in [4.78, 5) is 12.2. The van der Waals surface area contributed by atoms with Crippen LogP contribution in [0.5, 0.6) is 5.75 Å². The van der Waals surface area contributed by atoms with Gasteiger partial charge >= 0.3 is 0 Å². The molecule has 5 heteroatoms. The summed E-state index contributed by atoms with van der Waals surface area (Å²) in [6, 6.07) is 16.6. The van der Waals surface area contributed by atoms with Gasteiger partial charge in [0.25, 0.3) is 0 Å². The number of aromatic nitrogens is 2. The molecular weight excluding hydrogens is 338 g/mol. The van der Waals surface area contributed by atoms with Gasteiger partial charge in [-0.3, -0.25) is 9.48 Å². The van der Waals surface area contributed by atoms with E-state index in [0.717, 1.165) is 35.7 Å². The fourth-order valence-electron chi connectivity index (χ4n) is 3.41. The topological polar surface area (TPSA) is 56.2 Å². The third-order valence-electron chi connectivity index (χ3n) is 4.86. The SMILES string of the molecule is Cc1cc(C)n(CC(=O)NCc2ccc(-c3ccc4c(c3)CCO4)cc2)n1. The molecule has 3 aromatic rings. The van der Waals surface area contributed by atoms with Crippen LogP contribution in [-0.2, 0) is 24.3 Å². The summed E-state index contributed by atoms with van der Waals surface area (Å²) < 4.78 is 7.30. The number of rotatable bonds is 5. The van der Waals surface area contributed by atoms with Crippen molar-refractivity contribution < 1.29 is 9.53 Å². The lowest BCUT2D eigenvalue weighted by Gasteiger charge is -2.09. The number of benzene rings is 2. The summed E-state index contributed by atoms with van der Waals surface area (Å²) in [6.45, 7) is 5.41. The molecule has 4 rings (SSSR count). The smallest absolute Gasteiger partial charge is 0.242 e. The summed E-state index contributed by atoms with van der Waals surface area (Å²) in [5, 5.41) is 7.28. The zero-order valence-electron chi connectivity index (χ0n) is 15.7. The molecule has 0 radical (unpaired) electrons. The minimum absolute atomic E-state index is 0.0381. The minimum Gasteiger partial charge on any atom is -0.493 e.